The van der Waals surface area contributed by atoms with Gasteiger partial charge in [0.2, 0.25) is 0 Å². The normalized spacial score (nSPS) is 18.1. The zero-order valence-corrected chi connectivity index (χ0v) is 25.3. The molecule has 2 saturated heterocycles. The third-order valence-electron chi connectivity index (χ3n) is 8.26. The highest BCUT2D eigenvalue weighted by atomic mass is 35.5. The summed E-state index contributed by atoms with van der Waals surface area (Å²) in [5, 5.41) is 5.34. The smallest absolute Gasteiger partial charge is 0.263 e. The largest absolute Gasteiger partial charge is 0.383 e. The SMILES string of the molecule is CN1CCC(N2CCC(n3nc(-c4ccc(NS(=O)(=O)c5cccc(Cl)c5Cl)c(F)c4)c4c(N)ncnc43)CC2)CC1. The highest BCUT2D eigenvalue weighted by molar-refractivity contribution is 7.92. The molecule has 2 aliphatic heterocycles. The number of rotatable bonds is 6. The molecule has 222 valence electrons. The minimum absolute atomic E-state index is 0.0742. The Kier molecular flexibility index (Phi) is 8.01. The molecule has 4 heterocycles. The molecular weight excluding hydrogens is 602 g/mol. The van der Waals surface area contributed by atoms with Gasteiger partial charge in [0.15, 0.2) is 5.65 Å². The summed E-state index contributed by atoms with van der Waals surface area (Å²) in [4.78, 5) is 13.4. The molecule has 42 heavy (non-hydrogen) atoms. The van der Waals surface area contributed by atoms with Crippen LogP contribution in [-0.2, 0) is 10.0 Å². The fraction of sp³-hybridized carbons (Fsp3) is 0.393. The van der Waals surface area contributed by atoms with Gasteiger partial charge in [0, 0.05) is 24.7 Å². The molecule has 0 bridgehead atoms. The zero-order chi connectivity index (χ0) is 29.6. The van der Waals surface area contributed by atoms with Crippen LogP contribution in [0, 0.1) is 5.82 Å². The van der Waals surface area contributed by atoms with Crippen LogP contribution >= 0.6 is 23.2 Å². The van der Waals surface area contributed by atoms with Crippen LogP contribution in [0.1, 0.15) is 31.7 Å². The van der Waals surface area contributed by atoms with Crippen molar-refractivity contribution in [3.05, 3.63) is 58.6 Å². The molecule has 0 spiro atoms. The number of benzene rings is 2. The van der Waals surface area contributed by atoms with Gasteiger partial charge in [-0.15, -0.1) is 0 Å². The first-order valence-corrected chi connectivity index (χ1v) is 16.0. The van der Waals surface area contributed by atoms with Crippen LogP contribution < -0.4 is 10.5 Å². The van der Waals surface area contributed by atoms with Crippen molar-refractivity contribution in [1.82, 2.24) is 29.5 Å². The van der Waals surface area contributed by atoms with Crippen molar-refractivity contribution in [2.24, 2.45) is 0 Å². The Hall–Kier alpha value is -3.03. The van der Waals surface area contributed by atoms with E-state index < -0.39 is 15.8 Å². The third kappa shape index (κ3) is 5.53. The van der Waals surface area contributed by atoms with Gasteiger partial charge in [-0.05, 0) is 70.1 Å². The Labute approximate surface area is 253 Å². The first-order valence-electron chi connectivity index (χ1n) is 13.8. The second kappa shape index (κ2) is 11.6. The molecule has 2 fully saturated rings. The Morgan fingerprint density at radius 2 is 1.71 bits per heavy atom. The van der Waals surface area contributed by atoms with Crippen LogP contribution in [0.15, 0.2) is 47.6 Å². The molecule has 6 rings (SSSR count). The lowest BCUT2D eigenvalue weighted by atomic mass is 9.98. The molecule has 3 N–H and O–H groups in total. The van der Waals surface area contributed by atoms with Crippen LogP contribution in [-0.4, -0.2) is 77.2 Å². The van der Waals surface area contributed by atoms with E-state index in [2.05, 4.69) is 31.5 Å². The summed E-state index contributed by atoms with van der Waals surface area (Å²) in [6, 6.07) is 9.08. The molecule has 10 nitrogen and oxygen atoms in total. The second-order valence-electron chi connectivity index (χ2n) is 10.9. The van der Waals surface area contributed by atoms with Gasteiger partial charge >= 0.3 is 0 Å². The number of hydrogen-bond donors (Lipinski definition) is 2. The van der Waals surface area contributed by atoms with Crippen LogP contribution in [0.25, 0.3) is 22.3 Å². The summed E-state index contributed by atoms with van der Waals surface area (Å²) in [6.07, 6.45) is 5.60. The number of piperidine rings is 2. The van der Waals surface area contributed by atoms with Crippen molar-refractivity contribution in [3.63, 3.8) is 0 Å². The van der Waals surface area contributed by atoms with Gasteiger partial charge in [0.05, 0.1) is 27.2 Å². The highest BCUT2D eigenvalue weighted by Crippen LogP contribution is 2.36. The Morgan fingerprint density at radius 1 is 1.00 bits per heavy atom. The van der Waals surface area contributed by atoms with Gasteiger partial charge in [-0.1, -0.05) is 35.3 Å². The number of likely N-dealkylation sites (tertiary alicyclic amines) is 2. The monoisotopic (exact) mass is 632 g/mol. The van der Waals surface area contributed by atoms with E-state index in [0.29, 0.717) is 28.3 Å². The highest BCUT2D eigenvalue weighted by Gasteiger charge is 2.30. The number of anilines is 2. The summed E-state index contributed by atoms with van der Waals surface area (Å²) in [5.74, 6) is -0.551. The summed E-state index contributed by atoms with van der Waals surface area (Å²) in [6.45, 7) is 4.19. The number of nitrogens with two attached hydrogens (primary N) is 1. The van der Waals surface area contributed by atoms with Crippen molar-refractivity contribution in [1.29, 1.82) is 0 Å². The number of aromatic nitrogens is 4. The predicted octanol–water partition coefficient (Wildman–Crippen LogP) is 5.05. The van der Waals surface area contributed by atoms with E-state index >= 15 is 4.39 Å². The maximum Gasteiger partial charge on any atom is 0.263 e. The third-order valence-corrected chi connectivity index (χ3v) is 10.6. The number of fused-ring (bicyclic) bond motifs is 1. The molecule has 2 aromatic heterocycles. The first kappa shape index (κ1) is 29.1. The molecule has 0 atom stereocenters. The van der Waals surface area contributed by atoms with Crippen LogP contribution in [0.2, 0.25) is 10.0 Å². The number of nitrogen functional groups attached to an aromatic ring is 1. The predicted molar refractivity (Wildman–Crippen MR) is 163 cm³/mol. The van der Waals surface area contributed by atoms with E-state index in [1.54, 1.807) is 6.07 Å². The van der Waals surface area contributed by atoms with Gasteiger partial charge in [-0.2, -0.15) is 5.10 Å². The van der Waals surface area contributed by atoms with Crippen molar-refractivity contribution in [2.45, 2.75) is 42.7 Å². The van der Waals surface area contributed by atoms with Crippen molar-refractivity contribution < 1.29 is 12.8 Å². The number of hydrogen-bond acceptors (Lipinski definition) is 8. The average molecular weight is 634 g/mol. The lowest BCUT2D eigenvalue weighted by Crippen LogP contribution is -2.47. The summed E-state index contributed by atoms with van der Waals surface area (Å²) < 4.78 is 45.4. The summed E-state index contributed by atoms with van der Waals surface area (Å²) in [5.41, 5.74) is 7.49. The minimum atomic E-state index is -4.21. The fourth-order valence-corrected chi connectivity index (χ4v) is 7.77. The zero-order valence-electron chi connectivity index (χ0n) is 23.0. The van der Waals surface area contributed by atoms with Crippen molar-refractivity contribution >= 4 is 55.8 Å². The van der Waals surface area contributed by atoms with Gasteiger partial charge < -0.3 is 15.5 Å². The summed E-state index contributed by atoms with van der Waals surface area (Å²) >= 11 is 12.1. The standard InChI is InChI=1S/C28H31Cl2FN8O2S/c1-37-11-7-18(8-12-37)38-13-9-19(10-14-38)39-28-24(27(32)33-16-34-28)26(35-39)17-5-6-22(21(31)15-17)36-42(40,41)23-4-2-3-20(29)25(23)30/h2-6,15-16,18-19,36H,7-14H2,1H3,(H2,32,33,34). The molecule has 0 amide bonds. The van der Waals surface area contributed by atoms with Crippen LogP contribution in [0.4, 0.5) is 15.9 Å². The number of sulfonamides is 1. The number of nitrogens with zero attached hydrogens (tertiary/aromatic N) is 6. The first-order chi connectivity index (χ1) is 20.1. The number of nitrogens with one attached hydrogen (secondary N) is 1. The van der Waals surface area contributed by atoms with E-state index in [-0.39, 0.29) is 32.5 Å². The van der Waals surface area contributed by atoms with E-state index in [1.807, 2.05) is 4.68 Å². The van der Waals surface area contributed by atoms with Gasteiger partial charge in [-0.3, -0.25) is 4.72 Å². The maximum absolute atomic E-state index is 15.4. The fourth-order valence-electron chi connectivity index (χ4n) is 5.94. The Bertz CT molecular complexity index is 1740. The molecule has 0 unspecified atom stereocenters. The summed E-state index contributed by atoms with van der Waals surface area (Å²) in [7, 11) is -2.03. The molecule has 4 aromatic rings. The molecule has 2 aromatic carbocycles. The Balaban J connectivity index is 1.27. The van der Waals surface area contributed by atoms with Gasteiger partial charge in [0.1, 0.15) is 28.6 Å². The maximum atomic E-state index is 15.4. The molecule has 0 saturated carbocycles. The van der Waals surface area contributed by atoms with Gasteiger partial charge in [0.25, 0.3) is 10.0 Å². The van der Waals surface area contributed by atoms with Crippen LogP contribution in [0.5, 0.6) is 0 Å². The average Bonchev–Trinajstić information content (AvgIpc) is 3.37. The van der Waals surface area contributed by atoms with Gasteiger partial charge in [-0.25, -0.2) is 27.5 Å². The van der Waals surface area contributed by atoms with E-state index in [0.717, 1.165) is 39.0 Å². The molecule has 0 radical (unpaired) electrons. The lowest BCUT2D eigenvalue weighted by molar-refractivity contribution is 0.0859. The second-order valence-corrected chi connectivity index (χ2v) is 13.3. The topological polar surface area (TPSA) is 122 Å². The Morgan fingerprint density at radius 3 is 2.43 bits per heavy atom. The van der Waals surface area contributed by atoms with E-state index in [1.165, 1.54) is 49.5 Å². The van der Waals surface area contributed by atoms with Crippen molar-refractivity contribution in [3.8, 4) is 11.3 Å². The minimum Gasteiger partial charge on any atom is -0.383 e. The lowest BCUT2D eigenvalue weighted by Gasteiger charge is -2.41. The molecular formula is C28H31Cl2FN8O2S. The quantitative estimate of drug-likeness (QED) is 0.303. The van der Waals surface area contributed by atoms with E-state index in [4.69, 9.17) is 34.0 Å². The van der Waals surface area contributed by atoms with Crippen molar-refractivity contribution in [2.75, 3.05) is 43.7 Å². The number of halogens is 3. The molecule has 2 aliphatic rings. The van der Waals surface area contributed by atoms with E-state index in [9.17, 15) is 8.42 Å². The molecule has 14 heteroatoms. The van der Waals surface area contributed by atoms with Crippen LogP contribution in [0.3, 0.4) is 0 Å². The molecule has 0 aliphatic carbocycles.